The van der Waals surface area contributed by atoms with E-state index in [1.165, 1.54) is 41.3 Å². The molecule has 2 amide bonds. The van der Waals surface area contributed by atoms with Crippen molar-refractivity contribution >= 4 is 39.1 Å². The van der Waals surface area contributed by atoms with Gasteiger partial charge in [-0.1, -0.05) is 30.3 Å². The van der Waals surface area contributed by atoms with E-state index in [1.807, 2.05) is 0 Å². The van der Waals surface area contributed by atoms with Crippen LogP contribution >= 0.6 is 0 Å². The highest BCUT2D eigenvalue weighted by Crippen LogP contribution is 2.28. The minimum atomic E-state index is -3.72. The maximum Gasteiger partial charge on any atom is 0.414 e. The zero-order valence-electron chi connectivity index (χ0n) is 16.3. The van der Waals surface area contributed by atoms with E-state index in [1.54, 1.807) is 42.5 Å². The summed E-state index contributed by atoms with van der Waals surface area (Å²) in [5.74, 6) is -0.391. The average molecular weight is 437 g/mol. The number of carbonyl (C=O) groups excluding carboxylic acids is 2. The van der Waals surface area contributed by atoms with Gasteiger partial charge in [0.05, 0.1) is 22.8 Å². The number of nitrogens with one attached hydrogen (secondary N) is 2. The van der Waals surface area contributed by atoms with Crippen molar-refractivity contribution in [1.29, 1.82) is 0 Å². The molecule has 0 spiro atoms. The lowest BCUT2D eigenvalue weighted by atomic mass is 10.2. The Morgan fingerprint density at radius 1 is 0.903 bits per heavy atom. The number of cyclic esters (lactones) is 1. The van der Waals surface area contributed by atoms with Gasteiger partial charge in [0.2, 0.25) is 0 Å². The molecule has 31 heavy (non-hydrogen) atoms. The van der Waals surface area contributed by atoms with Crippen molar-refractivity contribution in [2.45, 2.75) is 4.90 Å². The second kappa shape index (κ2) is 8.49. The molecule has 158 valence electrons. The molecule has 2 N–H and O–H groups in total. The van der Waals surface area contributed by atoms with E-state index >= 15 is 0 Å². The molecule has 8 nitrogen and oxygen atoms in total. The molecule has 4 rings (SSSR count). The predicted octanol–water partition coefficient (Wildman–Crippen LogP) is 3.70. The number of para-hydroxylation sites is 2. The summed E-state index contributed by atoms with van der Waals surface area (Å²) in [7, 11) is -3.72. The smallest absolute Gasteiger partial charge is 0.414 e. The van der Waals surface area contributed by atoms with Crippen molar-refractivity contribution in [3.63, 3.8) is 0 Å². The van der Waals surface area contributed by atoms with E-state index in [2.05, 4.69) is 10.0 Å². The van der Waals surface area contributed by atoms with E-state index in [0.717, 1.165) is 0 Å². The maximum atomic E-state index is 12.7. The van der Waals surface area contributed by atoms with E-state index < -0.39 is 22.0 Å². The van der Waals surface area contributed by atoms with Crippen LogP contribution in [0, 0.1) is 0 Å². The first-order chi connectivity index (χ1) is 14.9. The van der Waals surface area contributed by atoms with Gasteiger partial charge in [-0.2, -0.15) is 0 Å². The molecule has 0 bridgehead atoms. The largest absolute Gasteiger partial charge is 0.447 e. The van der Waals surface area contributed by atoms with E-state index in [9.17, 15) is 18.0 Å². The molecule has 0 unspecified atom stereocenters. The van der Waals surface area contributed by atoms with Crippen molar-refractivity contribution in [1.82, 2.24) is 0 Å². The fourth-order valence-corrected chi connectivity index (χ4v) is 4.20. The number of amides is 2. The van der Waals surface area contributed by atoms with Crippen molar-refractivity contribution < 1.29 is 22.7 Å². The average Bonchev–Trinajstić information content (AvgIpc) is 3.20. The summed E-state index contributed by atoms with van der Waals surface area (Å²) in [6.45, 7) is 0.698. The van der Waals surface area contributed by atoms with Gasteiger partial charge in [0.1, 0.15) is 6.61 Å². The Morgan fingerprint density at radius 3 is 2.26 bits per heavy atom. The van der Waals surface area contributed by atoms with Crippen LogP contribution in [0.4, 0.5) is 21.9 Å². The summed E-state index contributed by atoms with van der Waals surface area (Å²) in [5.41, 5.74) is 1.69. The number of hydrogen-bond acceptors (Lipinski definition) is 5. The Hall–Kier alpha value is -3.85. The molecule has 1 aliphatic heterocycles. The van der Waals surface area contributed by atoms with Gasteiger partial charge in [0.25, 0.3) is 15.9 Å². The quantitative estimate of drug-likeness (QED) is 0.612. The minimum absolute atomic E-state index is 0.147. The van der Waals surface area contributed by atoms with Gasteiger partial charge in [-0.25, -0.2) is 13.2 Å². The summed E-state index contributed by atoms with van der Waals surface area (Å²) >= 11 is 0. The molecule has 1 saturated heterocycles. The summed E-state index contributed by atoms with van der Waals surface area (Å²) < 4.78 is 32.3. The van der Waals surface area contributed by atoms with Gasteiger partial charge in [-0.3, -0.25) is 14.4 Å². The first-order valence-corrected chi connectivity index (χ1v) is 10.9. The fourth-order valence-electron chi connectivity index (χ4n) is 3.12. The first-order valence-electron chi connectivity index (χ1n) is 9.47. The Labute approximate surface area is 179 Å². The lowest BCUT2D eigenvalue weighted by molar-refractivity contribution is 0.102. The number of rotatable bonds is 6. The van der Waals surface area contributed by atoms with E-state index in [-0.39, 0.29) is 4.90 Å². The Balaban J connectivity index is 1.48. The van der Waals surface area contributed by atoms with Crippen LogP contribution in [0.3, 0.4) is 0 Å². The molecule has 0 radical (unpaired) electrons. The SMILES string of the molecule is O=C(Nc1ccccc1N1CCOC1=O)c1ccc(NS(=O)(=O)c2ccccc2)cc1. The third-order valence-electron chi connectivity index (χ3n) is 4.66. The third-order valence-corrected chi connectivity index (χ3v) is 6.05. The standard InChI is InChI=1S/C22H19N3O5S/c26-21(23-19-8-4-5-9-20(19)25-14-15-30-22(25)27)16-10-12-17(13-11-16)24-31(28,29)18-6-2-1-3-7-18/h1-13,24H,14-15H2,(H,23,26). The van der Waals surface area contributed by atoms with Crippen LogP contribution < -0.4 is 14.9 Å². The molecule has 9 heteroatoms. The number of benzene rings is 3. The number of hydrogen-bond donors (Lipinski definition) is 2. The Kier molecular flexibility index (Phi) is 5.59. The van der Waals surface area contributed by atoms with Gasteiger partial charge >= 0.3 is 6.09 Å². The predicted molar refractivity (Wildman–Crippen MR) is 117 cm³/mol. The van der Waals surface area contributed by atoms with Crippen LogP contribution in [0.15, 0.2) is 83.8 Å². The van der Waals surface area contributed by atoms with Crippen molar-refractivity contribution in [2.75, 3.05) is 28.1 Å². The van der Waals surface area contributed by atoms with Gasteiger partial charge in [0, 0.05) is 11.3 Å². The number of nitrogens with zero attached hydrogens (tertiary/aromatic N) is 1. The van der Waals surface area contributed by atoms with Crippen molar-refractivity contribution in [2.24, 2.45) is 0 Å². The van der Waals surface area contributed by atoms with Crippen LogP contribution in [-0.4, -0.2) is 33.6 Å². The molecule has 0 aliphatic carbocycles. The summed E-state index contributed by atoms with van der Waals surface area (Å²) in [6, 6.07) is 21.0. The molecule has 1 aliphatic rings. The second-order valence-corrected chi connectivity index (χ2v) is 8.42. The molecule has 3 aromatic rings. The number of ether oxygens (including phenoxy) is 1. The Morgan fingerprint density at radius 2 is 1.58 bits per heavy atom. The highest BCUT2D eigenvalue weighted by molar-refractivity contribution is 7.92. The molecular formula is C22H19N3O5S. The molecule has 0 saturated carbocycles. The highest BCUT2D eigenvalue weighted by atomic mass is 32.2. The van der Waals surface area contributed by atoms with Crippen LogP contribution in [0.5, 0.6) is 0 Å². The normalized spacial score (nSPS) is 13.5. The monoisotopic (exact) mass is 437 g/mol. The number of anilines is 3. The maximum absolute atomic E-state index is 12.7. The molecule has 1 heterocycles. The summed E-state index contributed by atoms with van der Waals surface area (Å²) in [5, 5.41) is 2.79. The van der Waals surface area contributed by atoms with Gasteiger partial charge in [0.15, 0.2) is 0 Å². The number of sulfonamides is 1. The summed E-state index contributed by atoms with van der Waals surface area (Å²) in [6.07, 6.45) is -0.461. The van der Waals surface area contributed by atoms with Crippen LogP contribution in [0.2, 0.25) is 0 Å². The topological polar surface area (TPSA) is 105 Å². The molecule has 0 aromatic heterocycles. The Bertz CT molecular complexity index is 1210. The zero-order valence-corrected chi connectivity index (χ0v) is 17.1. The molecule has 3 aromatic carbocycles. The van der Waals surface area contributed by atoms with Crippen molar-refractivity contribution in [3.8, 4) is 0 Å². The van der Waals surface area contributed by atoms with Crippen LogP contribution in [0.1, 0.15) is 10.4 Å². The van der Waals surface area contributed by atoms with Crippen LogP contribution in [0.25, 0.3) is 0 Å². The van der Waals surface area contributed by atoms with Crippen molar-refractivity contribution in [3.05, 3.63) is 84.4 Å². The number of carbonyl (C=O) groups is 2. The van der Waals surface area contributed by atoms with Crippen LogP contribution in [-0.2, 0) is 14.8 Å². The molecule has 1 fully saturated rings. The second-order valence-electron chi connectivity index (χ2n) is 6.73. The minimum Gasteiger partial charge on any atom is -0.447 e. The zero-order chi connectivity index (χ0) is 21.8. The first kappa shape index (κ1) is 20.4. The van der Waals surface area contributed by atoms with Gasteiger partial charge < -0.3 is 10.1 Å². The highest BCUT2D eigenvalue weighted by Gasteiger charge is 2.26. The van der Waals surface area contributed by atoms with E-state index in [4.69, 9.17) is 4.74 Å². The van der Waals surface area contributed by atoms with Gasteiger partial charge in [-0.05, 0) is 48.5 Å². The lowest BCUT2D eigenvalue weighted by Crippen LogP contribution is -2.25. The summed E-state index contributed by atoms with van der Waals surface area (Å²) in [4.78, 5) is 26.2. The fraction of sp³-hybridized carbons (Fsp3) is 0.0909. The lowest BCUT2D eigenvalue weighted by Gasteiger charge is -2.17. The van der Waals surface area contributed by atoms with E-state index in [0.29, 0.717) is 35.8 Å². The van der Waals surface area contributed by atoms with Gasteiger partial charge in [-0.15, -0.1) is 0 Å². The third kappa shape index (κ3) is 4.51. The molecule has 0 atom stereocenters. The molecular weight excluding hydrogens is 418 g/mol.